The van der Waals surface area contributed by atoms with Crippen molar-refractivity contribution in [3.8, 4) is 0 Å². The number of anilines is 1. The first-order valence-electron chi connectivity index (χ1n) is 5.32. The number of nitrogens with one attached hydrogen (secondary N) is 1. The summed E-state index contributed by atoms with van der Waals surface area (Å²) in [5.41, 5.74) is 6.59. The van der Waals surface area contributed by atoms with Gasteiger partial charge in [-0.1, -0.05) is 6.08 Å². The molecule has 0 bridgehead atoms. The predicted molar refractivity (Wildman–Crippen MR) is 66.1 cm³/mol. The zero-order valence-electron chi connectivity index (χ0n) is 10.0. The maximum Gasteiger partial charge on any atom is 0.342 e. The number of rotatable bonds is 4. The fraction of sp³-hybridized carbons (Fsp3) is 0.333. The summed E-state index contributed by atoms with van der Waals surface area (Å²) in [4.78, 5) is 25.8. The van der Waals surface area contributed by atoms with Crippen LogP contribution in [0.3, 0.4) is 0 Å². The Labute approximate surface area is 99.3 Å². The molecule has 1 rings (SSSR count). The molecule has 0 saturated carbocycles. The van der Waals surface area contributed by atoms with E-state index < -0.39 is 5.97 Å². The molecule has 0 unspecified atom stereocenters. The third-order valence-electron chi connectivity index (χ3n) is 2.45. The van der Waals surface area contributed by atoms with E-state index in [0.29, 0.717) is 17.5 Å². The van der Waals surface area contributed by atoms with Crippen LogP contribution in [0, 0.1) is 6.92 Å². The van der Waals surface area contributed by atoms with Crippen molar-refractivity contribution in [1.29, 1.82) is 0 Å². The number of nitrogens with two attached hydrogens (primary N) is 1. The summed E-state index contributed by atoms with van der Waals surface area (Å²) in [5, 5.41) is 0. The van der Waals surface area contributed by atoms with Crippen molar-refractivity contribution in [3.63, 3.8) is 0 Å². The monoisotopic (exact) mass is 236 g/mol. The summed E-state index contributed by atoms with van der Waals surface area (Å²) in [7, 11) is 0. The molecule has 0 saturated heterocycles. The molecule has 0 aromatic carbocycles. The van der Waals surface area contributed by atoms with E-state index in [9.17, 15) is 9.59 Å². The maximum atomic E-state index is 11.7. The molecule has 5 nitrogen and oxygen atoms in total. The van der Waals surface area contributed by atoms with Crippen LogP contribution in [0.5, 0.6) is 0 Å². The van der Waals surface area contributed by atoms with Crippen molar-refractivity contribution >= 4 is 11.8 Å². The number of esters is 1. The number of carbonyl (C=O) groups is 1. The van der Waals surface area contributed by atoms with Gasteiger partial charge in [0.25, 0.3) is 5.56 Å². The minimum absolute atomic E-state index is 0.0405. The van der Waals surface area contributed by atoms with Crippen molar-refractivity contribution in [2.24, 2.45) is 0 Å². The molecule has 1 heterocycles. The molecule has 0 aliphatic rings. The van der Waals surface area contributed by atoms with Crippen LogP contribution in [-0.2, 0) is 11.2 Å². The molecular formula is C12H16N2O3. The molecular weight excluding hydrogens is 220 g/mol. The van der Waals surface area contributed by atoms with Crippen molar-refractivity contribution in [1.82, 2.24) is 4.98 Å². The number of carbonyl (C=O) groups excluding carboxylic acids is 1. The number of nitrogen functional groups attached to an aromatic ring is 1. The van der Waals surface area contributed by atoms with Crippen molar-refractivity contribution in [2.75, 3.05) is 12.3 Å². The summed E-state index contributed by atoms with van der Waals surface area (Å²) >= 11 is 0. The van der Waals surface area contributed by atoms with Gasteiger partial charge in [-0.25, -0.2) is 4.79 Å². The number of allylic oxidation sites excluding steroid dienone is 1. The summed E-state index contributed by atoms with van der Waals surface area (Å²) in [6.07, 6.45) is 1.98. The highest BCUT2D eigenvalue weighted by Crippen LogP contribution is 2.17. The molecule has 0 amide bonds. The first kappa shape index (κ1) is 13.0. The Morgan fingerprint density at radius 2 is 2.24 bits per heavy atom. The number of pyridine rings is 1. The van der Waals surface area contributed by atoms with Gasteiger partial charge in [-0.2, -0.15) is 0 Å². The number of aromatic nitrogens is 1. The lowest BCUT2D eigenvalue weighted by Crippen LogP contribution is -2.22. The van der Waals surface area contributed by atoms with Crippen molar-refractivity contribution in [3.05, 3.63) is 39.7 Å². The Morgan fingerprint density at radius 3 is 2.76 bits per heavy atom. The van der Waals surface area contributed by atoms with Gasteiger partial charge < -0.3 is 15.5 Å². The number of hydrogen-bond acceptors (Lipinski definition) is 4. The second-order valence-electron chi connectivity index (χ2n) is 3.56. The number of aromatic amines is 1. The van der Waals surface area contributed by atoms with E-state index in [-0.39, 0.29) is 23.5 Å². The Balaban J connectivity index is 3.40. The van der Waals surface area contributed by atoms with E-state index in [1.807, 2.05) is 0 Å². The maximum absolute atomic E-state index is 11.7. The lowest BCUT2D eigenvalue weighted by molar-refractivity contribution is 0.0526. The van der Waals surface area contributed by atoms with Crippen LogP contribution in [0.4, 0.5) is 5.82 Å². The lowest BCUT2D eigenvalue weighted by Gasteiger charge is -2.11. The highest BCUT2D eigenvalue weighted by atomic mass is 16.5. The molecule has 92 valence electrons. The van der Waals surface area contributed by atoms with Gasteiger partial charge in [-0.15, -0.1) is 6.58 Å². The molecule has 17 heavy (non-hydrogen) atoms. The van der Waals surface area contributed by atoms with Gasteiger partial charge in [0.2, 0.25) is 0 Å². The molecule has 0 fully saturated rings. The van der Waals surface area contributed by atoms with Crippen LogP contribution in [-0.4, -0.2) is 17.6 Å². The summed E-state index contributed by atoms with van der Waals surface area (Å²) < 4.78 is 4.90. The molecule has 0 atom stereocenters. The third kappa shape index (κ3) is 2.55. The molecule has 0 aliphatic heterocycles. The normalized spacial score (nSPS) is 10.0. The standard InChI is InChI=1S/C12H16N2O3/c1-4-6-8-7(3)9(12(16)17-5-2)10(13)14-11(8)15/h4H,1,5-6H2,2-3H3,(H3,13,14,15). The average Bonchev–Trinajstić information content (AvgIpc) is 2.24. The Morgan fingerprint density at radius 1 is 1.59 bits per heavy atom. The topological polar surface area (TPSA) is 85.2 Å². The highest BCUT2D eigenvalue weighted by molar-refractivity contribution is 5.96. The smallest absolute Gasteiger partial charge is 0.342 e. The highest BCUT2D eigenvalue weighted by Gasteiger charge is 2.19. The van der Waals surface area contributed by atoms with Crippen LogP contribution in [0.1, 0.15) is 28.4 Å². The van der Waals surface area contributed by atoms with Crippen molar-refractivity contribution < 1.29 is 9.53 Å². The van der Waals surface area contributed by atoms with Gasteiger partial charge in [0, 0.05) is 5.56 Å². The Kier molecular flexibility index (Phi) is 4.09. The van der Waals surface area contributed by atoms with Gasteiger partial charge in [0.15, 0.2) is 0 Å². The Bertz CT molecular complexity index is 503. The van der Waals surface area contributed by atoms with E-state index in [4.69, 9.17) is 10.5 Å². The number of H-pyrrole nitrogens is 1. The van der Waals surface area contributed by atoms with Crippen LogP contribution >= 0.6 is 0 Å². The van der Waals surface area contributed by atoms with Gasteiger partial charge in [0.1, 0.15) is 11.4 Å². The second-order valence-corrected chi connectivity index (χ2v) is 3.56. The molecule has 5 heteroatoms. The van der Waals surface area contributed by atoms with Gasteiger partial charge in [-0.3, -0.25) is 4.79 Å². The van der Waals surface area contributed by atoms with E-state index in [1.54, 1.807) is 19.9 Å². The summed E-state index contributed by atoms with van der Waals surface area (Å²) in [6, 6.07) is 0. The van der Waals surface area contributed by atoms with Gasteiger partial charge in [-0.05, 0) is 25.8 Å². The fourth-order valence-corrected chi connectivity index (χ4v) is 1.64. The minimum atomic E-state index is -0.524. The quantitative estimate of drug-likeness (QED) is 0.607. The zero-order chi connectivity index (χ0) is 13.0. The lowest BCUT2D eigenvalue weighted by atomic mass is 10.0. The molecule has 1 aromatic heterocycles. The van der Waals surface area contributed by atoms with E-state index >= 15 is 0 Å². The minimum Gasteiger partial charge on any atom is -0.462 e. The van der Waals surface area contributed by atoms with Crippen LogP contribution in [0.2, 0.25) is 0 Å². The summed E-state index contributed by atoms with van der Waals surface area (Å²) in [6.45, 7) is 7.21. The SMILES string of the molecule is C=CCc1c(C)c(C(=O)OCC)c(N)[nH]c1=O. The van der Waals surface area contributed by atoms with Crippen LogP contribution < -0.4 is 11.3 Å². The van der Waals surface area contributed by atoms with E-state index in [0.717, 1.165) is 0 Å². The molecule has 1 aromatic rings. The van der Waals surface area contributed by atoms with Gasteiger partial charge in [0.05, 0.1) is 6.61 Å². The molecule has 0 aliphatic carbocycles. The molecule has 0 radical (unpaired) electrons. The predicted octanol–water partition coefficient (Wildman–Crippen LogP) is 1.17. The first-order chi connectivity index (χ1) is 8.02. The number of ether oxygens (including phenoxy) is 1. The second kappa shape index (κ2) is 5.34. The van der Waals surface area contributed by atoms with Gasteiger partial charge >= 0.3 is 5.97 Å². The van der Waals surface area contributed by atoms with E-state index in [2.05, 4.69) is 11.6 Å². The summed E-state index contributed by atoms with van der Waals surface area (Å²) in [5.74, 6) is -0.483. The average molecular weight is 236 g/mol. The third-order valence-corrected chi connectivity index (χ3v) is 2.45. The zero-order valence-corrected chi connectivity index (χ0v) is 10.0. The fourth-order valence-electron chi connectivity index (χ4n) is 1.64. The Hall–Kier alpha value is -2.04. The van der Waals surface area contributed by atoms with Crippen LogP contribution in [0.15, 0.2) is 17.4 Å². The largest absolute Gasteiger partial charge is 0.462 e. The number of hydrogen-bond donors (Lipinski definition) is 2. The first-order valence-corrected chi connectivity index (χ1v) is 5.32. The molecule has 0 spiro atoms. The van der Waals surface area contributed by atoms with E-state index in [1.165, 1.54) is 0 Å². The van der Waals surface area contributed by atoms with Crippen molar-refractivity contribution in [2.45, 2.75) is 20.3 Å². The van der Waals surface area contributed by atoms with Crippen LogP contribution in [0.25, 0.3) is 0 Å². The molecule has 3 N–H and O–H groups in total.